The molecule has 2 atom stereocenters. The molecule has 0 aromatic carbocycles. The standard InChI is InChI=1S/C15H19N3O4/c1-5-7(2)12(15(20)21)17-13(19)10-6-8(3)16-14-11(10)9(4)18-22-14/h6-7,12H,5H2,1-4H3,(H,17,19)(H,20,21). The molecule has 2 aromatic heterocycles. The molecular weight excluding hydrogens is 286 g/mol. The van der Waals surface area contributed by atoms with Crippen LogP contribution in [0, 0.1) is 19.8 Å². The van der Waals surface area contributed by atoms with Gasteiger partial charge in [0.25, 0.3) is 11.6 Å². The number of nitrogens with one attached hydrogen (secondary N) is 1. The highest BCUT2D eigenvalue weighted by Gasteiger charge is 2.27. The molecule has 0 spiro atoms. The van der Waals surface area contributed by atoms with E-state index in [9.17, 15) is 14.7 Å². The largest absolute Gasteiger partial charge is 0.480 e. The molecule has 0 fully saturated rings. The van der Waals surface area contributed by atoms with E-state index in [2.05, 4.69) is 15.5 Å². The van der Waals surface area contributed by atoms with Gasteiger partial charge < -0.3 is 14.9 Å². The van der Waals surface area contributed by atoms with Gasteiger partial charge >= 0.3 is 5.97 Å². The molecule has 7 heteroatoms. The minimum Gasteiger partial charge on any atom is -0.480 e. The predicted molar refractivity (Wildman–Crippen MR) is 79.6 cm³/mol. The molecule has 2 rings (SSSR count). The Kier molecular flexibility index (Phi) is 4.44. The SMILES string of the molecule is CCC(C)C(NC(=O)c1cc(C)nc2onc(C)c12)C(=O)O. The van der Waals surface area contributed by atoms with Gasteiger partial charge in [0, 0.05) is 5.69 Å². The number of amides is 1. The van der Waals surface area contributed by atoms with Gasteiger partial charge in [0.1, 0.15) is 6.04 Å². The third-order valence-corrected chi connectivity index (χ3v) is 3.76. The van der Waals surface area contributed by atoms with Gasteiger partial charge in [-0.05, 0) is 25.8 Å². The van der Waals surface area contributed by atoms with Crippen molar-refractivity contribution in [2.45, 2.75) is 40.2 Å². The van der Waals surface area contributed by atoms with Gasteiger partial charge in [-0.15, -0.1) is 0 Å². The van der Waals surface area contributed by atoms with Gasteiger partial charge in [0.05, 0.1) is 16.6 Å². The van der Waals surface area contributed by atoms with Crippen LogP contribution in [0.2, 0.25) is 0 Å². The number of rotatable bonds is 5. The molecule has 0 saturated heterocycles. The molecule has 2 N–H and O–H groups in total. The van der Waals surface area contributed by atoms with Crippen molar-refractivity contribution in [3.05, 3.63) is 23.0 Å². The van der Waals surface area contributed by atoms with Crippen LogP contribution < -0.4 is 5.32 Å². The van der Waals surface area contributed by atoms with Crippen LogP contribution in [0.15, 0.2) is 10.6 Å². The highest BCUT2D eigenvalue weighted by atomic mass is 16.5. The van der Waals surface area contributed by atoms with Crippen molar-refractivity contribution in [3.63, 3.8) is 0 Å². The van der Waals surface area contributed by atoms with Crippen molar-refractivity contribution in [1.82, 2.24) is 15.5 Å². The molecule has 7 nitrogen and oxygen atoms in total. The zero-order valence-electron chi connectivity index (χ0n) is 13.0. The Morgan fingerprint density at radius 1 is 1.41 bits per heavy atom. The number of carboxylic acids is 1. The summed E-state index contributed by atoms with van der Waals surface area (Å²) in [7, 11) is 0. The number of carboxylic acid groups (broad SMARTS) is 1. The number of nitrogens with zero attached hydrogens (tertiary/aromatic N) is 2. The number of pyridine rings is 1. The number of carbonyl (C=O) groups is 2. The predicted octanol–water partition coefficient (Wildman–Crippen LogP) is 2.07. The summed E-state index contributed by atoms with van der Waals surface area (Å²) in [5, 5.41) is 16.2. The summed E-state index contributed by atoms with van der Waals surface area (Å²) in [6, 6.07) is 0.665. The Morgan fingerprint density at radius 3 is 2.68 bits per heavy atom. The molecule has 0 bridgehead atoms. The molecular formula is C15H19N3O4. The summed E-state index contributed by atoms with van der Waals surface area (Å²) in [5.74, 6) is -1.69. The maximum atomic E-state index is 12.5. The van der Waals surface area contributed by atoms with Crippen LogP contribution in [0.1, 0.15) is 42.0 Å². The number of carbonyl (C=O) groups excluding carboxylic acids is 1. The van der Waals surface area contributed by atoms with Gasteiger partial charge in [-0.1, -0.05) is 25.4 Å². The van der Waals surface area contributed by atoms with E-state index < -0.39 is 17.9 Å². The highest BCUT2D eigenvalue weighted by molar-refractivity contribution is 6.07. The topological polar surface area (TPSA) is 105 Å². The number of aromatic nitrogens is 2. The smallest absolute Gasteiger partial charge is 0.326 e. The molecule has 2 aromatic rings. The molecule has 0 saturated carbocycles. The Bertz CT molecular complexity index is 723. The lowest BCUT2D eigenvalue weighted by Crippen LogP contribution is -2.45. The average Bonchev–Trinajstić information content (AvgIpc) is 2.83. The monoisotopic (exact) mass is 305 g/mol. The third-order valence-electron chi connectivity index (χ3n) is 3.76. The normalized spacial score (nSPS) is 13.8. The summed E-state index contributed by atoms with van der Waals surface area (Å²) in [6.45, 7) is 7.11. The lowest BCUT2D eigenvalue weighted by Gasteiger charge is -2.20. The minimum absolute atomic E-state index is 0.177. The van der Waals surface area contributed by atoms with Crippen molar-refractivity contribution in [3.8, 4) is 0 Å². The van der Waals surface area contributed by atoms with Crippen molar-refractivity contribution < 1.29 is 19.2 Å². The Hall–Kier alpha value is -2.44. The number of aryl methyl sites for hydroxylation is 2. The van der Waals surface area contributed by atoms with Crippen molar-refractivity contribution in [2.75, 3.05) is 0 Å². The average molecular weight is 305 g/mol. The van der Waals surface area contributed by atoms with Crippen LogP contribution in [0.25, 0.3) is 11.1 Å². The second-order valence-electron chi connectivity index (χ2n) is 5.43. The van der Waals surface area contributed by atoms with Crippen molar-refractivity contribution in [1.29, 1.82) is 0 Å². The molecule has 2 unspecified atom stereocenters. The first-order valence-electron chi connectivity index (χ1n) is 7.12. The van der Waals surface area contributed by atoms with Crippen LogP contribution in [-0.4, -0.2) is 33.2 Å². The van der Waals surface area contributed by atoms with E-state index in [-0.39, 0.29) is 11.6 Å². The molecule has 0 aliphatic carbocycles. The number of fused-ring (bicyclic) bond motifs is 1. The van der Waals surface area contributed by atoms with Crippen LogP contribution in [0.3, 0.4) is 0 Å². The molecule has 0 radical (unpaired) electrons. The second kappa shape index (κ2) is 6.13. The van der Waals surface area contributed by atoms with Crippen LogP contribution in [0.5, 0.6) is 0 Å². The Labute approximate surface area is 127 Å². The van der Waals surface area contributed by atoms with E-state index in [1.165, 1.54) is 0 Å². The first-order chi connectivity index (χ1) is 10.3. The number of aliphatic carboxylic acids is 1. The van der Waals surface area contributed by atoms with E-state index in [1.807, 2.05) is 6.92 Å². The fraction of sp³-hybridized carbons (Fsp3) is 0.467. The van der Waals surface area contributed by atoms with E-state index in [1.54, 1.807) is 26.8 Å². The lowest BCUT2D eigenvalue weighted by molar-refractivity contribution is -0.140. The third kappa shape index (κ3) is 2.93. The van der Waals surface area contributed by atoms with Gasteiger partial charge in [-0.25, -0.2) is 9.78 Å². The molecule has 0 aliphatic rings. The van der Waals surface area contributed by atoms with Crippen LogP contribution >= 0.6 is 0 Å². The maximum Gasteiger partial charge on any atom is 0.326 e. The van der Waals surface area contributed by atoms with E-state index >= 15 is 0 Å². The Morgan fingerprint density at radius 2 is 2.09 bits per heavy atom. The first-order valence-corrected chi connectivity index (χ1v) is 7.12. The number of hydrogen-bond donors (Lipinski definition) is 2. The zero-order chi connectivity index (χ0) is 16.4. The Balaban J connectivity index is 2.41. The fourth-order valence-electron chi connectivity index (χ4n) is 2.30. The highest BCUT2D eigenvalue weighted by Crippen LogP contribution is 2.22. The maximum absolute atomic E-state index is 12.5. The lowest BCUT2D eigenvalue weighted by atomic mass is 9.98. The molecule has 22 heavy (non-hydrogen) atoms. The molecule has 2 heterocycles. The molecule has 0 aliphatic heterocycles. The van der Waals surface area contributed by atoms with Crippen molar-refractivity contribution in [2.24, 2.45) is 5.92 Å². The van der Waals surface area contributed by atoms with E-state index in [0.29, 0.717) is 28.8 Å². The summed E-state index contributed by atoms with van der Waals surface area (Å²) < 4.78 is 5.08. The second-order valence-corrected chi connectivity index (χ2v) is 5.43. The summed E-state index contributed by atoms with van der Waals surface area (Å²) >= 11 is 0. The van der Waals surface area contributed by atoms with Crippen molar-refractivity contribution >= 4 is 23.0 Å². The van der Waals surface area contributed by atoms with E-state index in [4.69, 9.17) is 4.52 Å². The minimum atomic E-state index is -1.05. The summed E-state index contributed by atoms with van der Waals surface area (Å²) in [5.41, 5.74) is 1.75. The summed E-state index contributed by atoms with van der Waals surface area (Å²) in [4.78, 5) is 28.1. The fourth-order valence-corrected chi connectivity index (χ4v) is 2.30. The van der Waals surface area contributed by atoms with Gasteiger partial charge in [0.2, 0.25) is 0 Å². The van der Waals surface area contributed by atoms with Gasteiger partial charge in [0.15, 0.2) is 0 Å². The zero-order valence-corrected chi connectivity index (χ0v) is 13.0. The van der Waals surface area contributed by atoms with Crippen LogP contribution in [0.4, 0.5) is 0 Å². The van der Waals surface area contributed by atoms with Gasteiger partial charge in [-0.3, -0.25) is 4.79 Å². The van der Waals surface area contributed by atoms with Crippen LogP contribution in [-0.2, 0) is 4.79 Å². The number of hydrogen-bond acceptors (Lipinski definition) is 5. The van der Waals surface area contributed by atoms with E-state index in [0.717, 1.165) is 0 Å². The first kappa shape index (κ1) is 15.9. The quantitative estimate of drug-likeness (QED) is 0.876. The molecule has 1 amide bonds. The van der Waals surface area contributed by atoms with Gasteiger partial charge in [-0.2, -0.15) is 0 Å². The summed E-state index contributed by atoms with van der Waals surface area (Å²) in [6.07, 6.45) is 0.647. The molecule has 118 valence electrons.